The highest BCUT2D eigenvalue weighted by molar-refractivity contribution is 9.10. The molecule has 3 nitrogen and oxygen atoms in total. The van der Waals surface area contributed by atoms with Gasteiger partial charge < -0.3 is 9.84 Å². The summed E-state index contributed by atoms with van der Waals surface area (Å²) in [5.74, 6) is -0.389. The van der Waals surface area contributed by atoms with Gasteiger partial charge in [0.2, 0.25) is 0 Å². The Labute approximate surface area is 73.9 Å². The van der Waals surface area contributed by atoms with Crippen molar-refractivity contribution in [1.29, 1.82) is 0 Å². The Balaban J connectivity index is 2.80. The molecular formula is C7H11BrO3. The molecule has 1 N–H and O–H groups in total. The van der Waals surface area contributed by atoms with Gasteiger partial charge in [-0.05, 0) is 6.92 Å². The first-order chi connectivity index (χ1) is 4.96. The van der Waals surface area contributed by atoms with Crippen molar-refractivity contribution in [1.82, 2.24) is 0 Å². The zero-order chi connectivity index (χ0) is 8.65. The fraction of sp³-hybridized carbons (Fsp3) is 0.857. The highest BCUT2D eigenvalue weighted by Gasteiger charge is 2.46. The number of esters is 1. The highest BCUT2D eigenvalue weighted by Crippen LogP contribution is 2.32. The molecule has 0 radical (unpaired) electrons. The van der Waals surface area contributed by atoms with E-state index >= 15 is 0 Å². The first-order valence-electron chi connectivity index (χ1n) is 3.50. The fourth-order valence-corrected chi connectivity index (χ4v) is 1.66. The molecule has 1 heterocycles. The Morgan fingerprint density at radius 2 is 2.36 bits per heavy atom. The van der Waals surface area contributed by atoms with Crippen LogP contribution in [0.4, 0.5) is 0 Å². The maximum Gasteiger partial charge on any atom is 0.325 e. The predicted octanol–water partition coefficient (Wildman–Crippen LogP) is 0.694. The molecule has 0 saturated carbocycles. The van der Waals surface area contributed by atoms with E-state index < -0.39 is 10.4 Å². The van der Waals surface area contributed by atoms with Crippen LogP contribution in [0, 0.1) is 5.92 Å². The van der Waals surface area contributed by atoms with Gasteiger partial charge in [0.25, 0.3) is 0 Å². The van der Waals surface area contributed by atoms with E-state index in [1.807, 2.05) is 6.92 Å². The molecule has 64 valence electrons. The zero-order valence-corrected chi connectivity index (χ0v) is 8.09. The van der Waals surface area contributed by atoms with E-state index in [0.29, 0.717) is 6.61 Å². The topological polar surface area (TPSA) is 46.5 Å². The van der Waals surface area contributed by atoms with E-state index in [1.54, 1.807) is 6.92 Å². The van der Waals surface area contributed by atoms with Crippen molar-refractivity contribution < 1.29 is 14.6 Å². The Kier molecular flexibility index (Phi) is 2.25. The maximum absolute atomic E-state index is 11.0. The summed E-state index contributed by atoms with van der Waals surface area (Å²) < 4.78 is 3.90. The van der Waals surface area contributed by atoms with Crippen molar-refractivity contribution in [2.45, 2.75) is 24.3 Å². The summed E-state index contributed by atoms with van der Waals surface area (Å²) in [5.41, 5.74) is 0. The smallest absolute Gasteiger partial charge is 0.325 e. The highest BCUT2D eigenvalue weighted by atomic mass is 79.9. The Bertz CT molecular complexity index is 179. The van der Waals surface area contributed by atoms with Gasteiger partial charge >= 0.3 is 5.97 Å². The first kappa shape index (κ1) is 9.00. The summed E-state index contributed by atoms with van der Waals surface area (Å²) in [7, 11) is 0. The quantitative estimate of drug-likeness (QED) is 0.485. The van der Waals surface area contributed by atoms with E-state index in [-0.39, 0.29) is 11.9 Å². The third kappa shape index (κ3) is 1.42. The molecule has 0 aliphatic carbocycles. The summed E-state index contributed by atoms with van der Waals surface area (Å²) in [4.78, 5) is 11.0. The predicted molar refractivity (Wildman–Crippen MR) is 43.5 cm³/mol. The van der Waals surface area contributed by atoms with Gasteiger partial charge in [0, 0.05) is 5.92 Å². The number of halogens is 1. The van der Waals surface area contributed by atoms with Gasteiger partial charge in [0.15, 0.2) is 0 Å². The second kappa shape index (κ2) is 2.75. The van der Waals surface area contributed by atoms with Crippen molar-refractivity contribution in [3.8, 4) is 0 Å². The first-order valence-corrected chi connectivity index (χ1v) is 4.29. The molecule has 1 aliphatic heterocycles. The van der Waals surface area contributed by atoms with Crippen molar-refractivity contribution in [2.75, 3.05) is 6.61 Å². The molecule has 0 aromatic heterocycles. The van der Waals surface area contributed by atoms with E-state index in [0.717, 1.165) is 0 Å². The molecule has 1 rings (SSSR count). The molecule has 0 unspecified atom stereocenters. The summed E-state index contributed by atoms with van der Waals surface area (Å²) >= 11 is 3.14. The van der Waals surface area contributed by atoms with Crippen LogP contribution in [0.5, 0.6) is 0 Å². The average Bonchev–Trinajstić information content (AvgIpc) is 1.95. The number of hydrogen-bond donors (Lipinski definition) is 1. The van der Waals surface area contributed by atoms with Crippen LogP contribution in [0.25, 0.3) is 0 Å². The lowest BCUT2D eigenvalue weighted by Crippen LogP contribution is -2.51. The van der Waals surface area contributed by atoms with Crippen LogP contribution in [0.15, 0.2) is 0 Å². The minimum atomic E-state index is -0.926. The molecular weight excluding hydrogens is 212 g/mol. The second-order valence-corrected chi connectivity index (χ2v) is 4.74. The molecule has 0 aromatic carbocycles. The normalized spacial score (nSPS) is 45.3. The zero-order valence-electron chi connectivity index (χ0n) is 6.50. The van der Waals surface area contributed by atoms with Crippen LogP contribution < -0.4 is 0 Å². The van der Waals surface area contributed by atoms with Crippen molar-refractivity contribution in [2.24, 2.45) is 5.92 Å². The largest absolute Gasteiger partial charge is 0.464 e. The van der Waals surface area contributed by atoms with Gasteiger partial charge in [0.1, 0.15) is 4.32 Å². The number of carbonyl (C=O) groups excluding carboxylic acids is 1. The number of carbonyl (C=O) groups is 1. The van der Waals surface area contributed by atoms with E-state index in [4.69, 9.17) is 4.74 Å². The van der Waals surface area contributed by atoms with Crippen molar-refractivity contribution >= 4 is 21.9 Å². The number of ether oxygens (including phenoxy) is 1. The van der Waals surface area contributed by atoms with Gasteiger partial charge in [-0.3, -0.25) is 4.79 Å². The number of alkyl halides is 1. The van der Waals surface area contributed by atoms with Gasteiger partial charge in [-0.25, -0.2) is 0 Å². The Morgan fingerprint density at radius 1 is 1.82 bits per heavy atom. The lowest BCUT2D eigenvalue weighted by Gasteiger charge is -2.35. The molecule has 1 aliphatic rings. The molecule has 3 atom stereocenters. The van der Waals surface area contributed by atoms with Crippen LogP contribution in [-0.2, 0) is 9.53 Å². The van der Waals surface area contributed by atoms with Crippen LogP contribution in [0.2, 0.25) is 0 Å². The monoisotopic (exact) mass is 222 g/mol. The van der Waals surface area contributed by atoms with Crippen LogP contribution in [0.1, 0.15) is 13.8 Å². The fourth-order valence-electron chi connectivity index (χ4n) is 1.09. The Hall–Kier alpha value is -0.0900. The number of hydrogen-bond acceptors (Lipinski definition) is 3. The van der Waals surface area contributed by atoms with E-state index in [9.17, 15) is 9.90 Å². The number of rotatable bonds is 0. The summed E-state index contributed by atoms with van der Waals surface area (Å²) in [6.45, 7) is 3.77. The summed E-state index contributed by atoms with van der Waals surface area (Å²) in [6.07, 6.45) is -0.663. The SMILES string of the molecule is C[C@H]1COC(=O)[C@@](C)(Br)[C@@H]1O. The molecule has 0 bridgehead atoms. The molecule has 0 spiro atoms. The third-order valence-corrected chi connectivity index (χ3v) is 2.76. The molecule has 1 fully saturated rings. The van der Waals surface area contributed by atoms with Gasteiger partial charge in [-0.1, -0.05) is 22.9 Å². The van der Waals surface area contributed by atoms with E-state index in [1.165, 1.54) is 0 Å². The lowest BCUT2D eigenvalue weighted by atomic mass is 9.91. The molecule has 4 heteroatoms. The van der Waals surface area contributed by atoms with Crippen molar-refractivity contribution in [3.05, 3.63) is 0 Å². The number of cyclic esters (lactones) is 1. The maximum atomic E-state index is 11.0. The molecule has 0 amide bonds. The Morgan fingerprint density at radius 3 is 2.82 bits per heavy atom. The van der Waals surface area contributed by atoms with Gasteiger partial charge in [-0.2, -0.15) is 0 Å². The van der Waals surface area contributed by atoms with Crippen LogP contribution >= 0.6 is 15.9 Å². The number of aliphatic hydroxyl groups excluding tert-OH is 1. The van der Waals surface area contributed by atoms with Crippen LogP contribution in [-0.4, -0.2) is 28.1 Å². The van der Waals surface area contributed by atoms with Crippen LogP contribution in [0.3, 0.4) is 0 Å². The summed E-state index contributed by atoms with van der Waals surface area (Å²) in [5, 5.41) is 9.53. The van der Waals surface area contributed by atoms with E-state index in [2.05, 4.69) is 15.9 Å². The molecule has 0 aromatic rings. The minimum Gasteiger partial charge on any atom is -0.464 e. The molecule has 1 saturated heterocycles. The lowest BCUT2D eigenvalue weighted by molar-refractivity contribution is -0.160. The second-order valence-electron chi connectivity index (χ2n) is 3.10. The standard InChI is InChI=1S/C7H11BrO3/c1-4-3-11-6(10)7(2,8)5(4)9/h4-5,9H,3H2,1-2H3/t4-,5+,7-/m0/s1. The average molecular weight is 223 g/mol. The molecule has 11 heavy (non-hydrogen) atoms. The van der Waals surface area contributed by atoms with Gasteiger partial charge in [0.05, 0.1) is 12.7 Å². The third-order valence-electron chi connectivity index (χ3n) is 1.97. The summed E-state index contributed by atoms with van der Waals surface area (Å²) in [6, 6.07) is 0. The van der Waals surface area contributed by atoms with Crippen molar-refractivity contribution in [3.63, 3.8) is 0 Å². The number of aliphatic hydroxyl groups is 1. The minimum absolute atomic E-state index is 0.00271. The van der Waals surface area contributed by atoms with Gasteiger partial charge in [-0.15, -0.1) is 0 Å².